The predicted octanol–water partition coefficient (Wildman–Crippen LogP) is 4.19. The van der Waals surface area contributed by atoms with Crippen LogP contribution in [0.1, 0.15) is 50.3 Å². The number of nitrogens with one attached hydrogen (secondary N) is 1. The van der Waals surface area contributed by atoms with Gasteiger partial charge in [-0.25, -0.2) is 0 Å². The summed E-state index contributed by atoms with van der Waals surface area (Å²) in [5, 5.41) is 3.98. The maximum absolute atomic E-state index is 3.98. The van der Waals surface area contributed by atoms with Gasteiger partial charge in [-0.2, -0.15) is 11.8 Å². The molecule has 2 unspecified atom stereocenters. The van der Waals surface area contributed by atoms with Crippen LogP contribution in [0.2, 0.25) is 0 Å². The van der Waals surface area contributed by atoms with Crippen molar-refractivity contribution >= 4 is 11.8 Å². The van der Waals surface area contributed by atoms with Gasteiger partial charge in [0.15, 0.2) is 0 Å². The van der Waals surface area contributed by atoms with E-state index in [1.54, 1.807) is 11.1 Å². The van der Waals surface area contributed by atoms with Crippen LogP contribution in [0.4, 0.5) is 0 Å². The number of hydrogen-bond acceptors (Lipinski definition) is 2. The van der Waals surface area contributed by atoms with Crippen molar-refractivity contribution in [2.75, 3.05) is 11.5 Å². The molecule has 104 valence electrons. The summed E-state index contributed by atoms with van der Waals surface area (Å²) in [6, 6.07) is 10.2. The van der Waals surface area contributed by atoms with Gasteiger partial charge in [0, 0.05) is 17.8 Å². The number of benzene rings is 1. The van der Waals surface area contributed by atoms with E-state index in [9.17, 15) is 0 Å². The standard InChI is InChI=1S/C17H25NS/c1-17(2)10-11-19-12-16(17)18-15-9-5-7-13-6-3-4-8-14(13)15/h3-4,6,8,15-16,18H,5,7,9-12H2,1-2H3. The van der Waals surface area contributed by atoms with Crippen molar-refractivity contribution in [3.8, 4) is 0 Å². The highest BCUT2D eigenvalue weighted by atomic mass is 32.2. The van der Waals surface area contributed by atoms with E-state index in [1.807, 2.05) is 0 Å². The molecule has 1 aromatic carbocycles. The van der Waals surface area contributed by atoms with Crippen LogP contribution in [0, 0.1) is 5.41 Å². The molecule has 0 spiro atoms. The summed E-state index contributed by atoms with van der Waals surface area (Å²) >= 11 is 2.11. The third-order valence-corrected chi connectivity index (χ3v) is 5.95. The van der Waals surface area contributed by atoms with Gasteiger partial charge in [-0.05, 0) is 48.0 Å². The van der Waals surface area contributed by atoms with Gasteiger partial charge in [-0.15, -0.1) is 0 Å². The highest BCUT2D eigenvalue weighted by molar-refractivity contribution is 7.99. The Morgan fingerprint density at radius 3 is 2.95 bits per heavy atom. The van der Waals surface area contributed by atoms with Crippen LogP contribution in [-0.4, -0.2) is 17.5 Å². The number of thioether (sulfide) groups is 1. The van der Waals surface area contributed by atoms with Crippen LogP contribution in [0.25, 0.3) is 0 Å². The molecule has 1 heterocycles. The minimum atomic E-state index is 0.442. The van der Waals surface area contributed by atoms with E-state index in [4.69, 9.17) is 0 Å². The van der Waals surface area contributed by atoms with Gasteiger partial charge in [0.25, 0.3) is 0 Å². The monoisotopic (exact) mass is 275 g/mol. The van der Waals surface area contributed by atoms with Gasteiger partial charge in [-0.3, -0.25) is 0 Å². The van der Waals surface area contributed by atoms with E-state index in [2.05, 4.69) is 55.2 Å². The lowest BCUT2D eigenvalue weighted by Crippen LogP contribution is -2.48. The highest BCUT2D eigenvalue weighted by Gasteiger charge is 2.34. The molecule has 1 aliphatic heterocycles. The quantitative estimate of drug-likeness (QED) is 0.869. The van der Waals surface area contributed by atoms with E-state index < -0.39 is 0 Å². The fraction of sp³-hybridized carbons (Fsp3) is 0.647. The summed E-state index contributed by atoms with van der Waals surface area (Å²) in [6.07, 6.45) is 5.23. The van der Waals surface area contributed by atoms with Crippen molar-refractivity contribution in [3.05, 3.63) is 35.4 Å². The summed E-state index contributed by atoms with van der Waals surface area (Å²) < 4.78 is 0. The minimum absolute atomic E-state index is 0.442. The molecule has 1 saturated heterocycles. The molecule has 2 heteroatoms. The van der Waals surface area contributed by atoms with Crippen LogP contribution in [0.5, 0.6) is 0 Å². The molecule has 1 aliphatic carbocycles. The zero-order valence-electron chi connectivity index (χ0n) is 12.1. The molecule has 0 amide bonds. The van der Waals surface area contributed by atoms with E-state index in [1.165, 1.54) is 37.2 Å². The Morgan fingerprint density at radius 2 is 2.11 bits per heavy atom. The fourth-order valence-corrected chi connectivity index (χ4v) is 5.00. The lowest BCUT2D eigenvalue weighted by molar-refractivity contribution is 0.221. The predicted molar refractivity (Wildman–Crippen MR) is 84.8 cm³/mol. The van der Waals surface area contributed by atoms with Crippen LogP contribution in [0.3, 0.4) is 0 Å². The van der Waals surface area contributed by atoms with E-state index in [0.717, 1.165) is 0 Å². The average Bonchev–Trinajstić information content (AvgIpc) is 2.41. The lowest BCUT2D eigenvalue weighted by Gasteiger charge is -2.42. The van der Waals surface area contributed by atoms with E-state index in [-0.39, 0.29) is 0 Å². The van der Waals surface area contributed by atoms with Crippen molar-refractivity contribution in [1.29, 1.82) is 0 Å². The van der Waals surface area contributed by atoms with Gasteiger partial charge in [-0.1, -0.05) is 38.1 Å². The normalized spacial score (nSPS) is 29.8. The fourth-order valence-electron chi connectivity index (χ4n) is 3.38. The van der Waals surface area contributed by atoms with Crippen molar-refractivity contribution in [1.82, 2.24) is 5.32 Å². The Morgan fingerprint density at radius 1 is 1.26 bits per heavy atom. The lowest BCUT2D eigenvalue weighted by atomic mass is 9.80. The SMILES string of the molecule is CC1(C)CCSCC1NC1CCCc2ccccc21. The topological polar surface area (TPSA) is 12.0 Å². The molecule has 0 saturated carbocycles. The second-order valence-electron chi connectivity index (χ2n) is 6.68. The minimum Gasteiger partial charge on any atom is -0.306 e. The Labute approximate surface area is 121 Å². The van der Waals surface area contributed by atoms with Crippen molar-refractivity contribution in [2.24, 2.45) is 5.41 Å². The van der Waals surface area contributed by atoms with Crippen LogP contribution < -0.4 is 5.32 Å². The summed E-state index contributed by atoms with van der Waals surface area (Å²) in [7, 11) is 0. The summed E-state index contributed by atoms with van der Waals surface area (Å²) in [5.41, 5.74) is 3.56. The molecule has 2 aliphatic rings. The van der Waals surface area contributed by atoms with E-state index >= 15 is 0 Å². The Kier molecular flexibility index (Phi) is 3.91. The molecule has 0 aromatic heterocycles. The smallest absolute Gasteiger partial charge is 0.0326 e. The third-order valence-electron chi connectivity index (χ3n) is 4.89. The van der Waals surface area contributed by atoms with Crippen molar-refractivity contribution in [2.45, 2.75) is 51.6 Å². The molecule has 0 bridgehead atoms. The number of fused-ring (bicyclic) bond motifs is 1. The van der Waals surface area contributed by atoms with Gasteiger partial charge >= 0.3 is 0 Å². The molecule has 19 heavy (non-hydrogen) atoms. The number of rotatable bonds is 2. The molecule has 1 N–H and O–H groups in total. The third kappa shape index (κ3) is 2.85. The van der Waals surface area contributed by atoms with Crippen LogP contribution in [0.15, 0.2) is 24.3 Å². The Balaban J connectivity index is 1.77. The largest absolute Gasteiger partial charge is 0.306 e. The van der Waals surface area contributed by atoms with Crippen LogP contribution in [-0.2, 0) is 6.42 Å². The zero-order chi connectivity index (χ0) is 13.3. The number of hydrogen-bond donors (Lipinski definition) is 1. The van der Waals surface area contributed by atoms with Gasteiger partial charge < -0.3 is 5.32 Å². The maximum atomic E-state index is 3.98. The van der Waals surface area contributed by atoms with Gasteiger partial charge in [0.05, 0.1) is 0 Å². The maximum Gasteiger partial charge on any atom is 0.0326 e. The first-order valence-corrected chi connectivity index (χ1v) is 8.74. The summed E-state index contributed by atoms with van der Waals surface area (Å²) in [5.74, 6) is 2.60. The zero-order valence-corrected chi connectivity index (χ0v) is 12.9. The highest BCUT2D eigenvalue weighted by Crippen LogP contribution is 2.37. The first-order chi connectivity index (χ1) is 9.17. The molecule has 3 rings (SSSR count). The van der Waals surface area contributed by atoms with Gasteiger partial charge in [0.1, 0.15) is 0 Å². The summed E-state index contributed by atoms with van der Waals surface area (Å²) in [4.78, 5) is 0. The summed E-state index contributed by atoms with van der Waals surface area (Å²) in [6.45, 7) is 4.86. The molecular weight excluding hydrogens is 250 g/mol. The van der Waals surface area contributed by atoms with E-state index in [0.29, 0.717) is 17.5 Å². The Hall–Kier alpha value is -0.470. The Bertz CT molecular complexity index is 441. The second kappa shape index (κ2) is 5.49. The second-order valence-corrected chi connectivity index (χ2v) is 7.83. The average molecular weight is 275 g/mol. The van der Waals surface area contributed by atoms with Gasteiger partial charge in [0.2, 0.25) is 0 Å². The molecular formula is C17H25NS. The van der Waals surface area contributed by atoms with Crippen molar-refractivity contribution in [3.63, 3.8) is 0 Å². The molecule has 1 nitrogen and oxygen atoms in total. The molecule has 2 atom stereocenters. The molecule has 0 radical (unpaired) electrons. The first kappa shape index (κ1) is 13.5. The molecule has 1 aromatic rings. The number of aryl methyl sites for hydroxylation is 1. The first-order valence-electron chi connectivity index (χ1n) is 7.58. The molecule has 1 fully saturated rings. The van der Waals surface area contributed by atoms with Crippen molar-refractivity contribution < 1.29 is 0 Å². The van der Waals surface area contributed by atoms with Crippen LogP contribution >= 0.6 is 11.8 Å².